The van der Waals surface area contributed by atoms with Gasteiger partial charge in [-0.3, -0.25) is 57.5 Å². The number of aromatic amines is 1. The summed E-state index contributed by atoms with van der Waals surface area (Å²) in [6.45, 7) is 3.61. The number of H-pyrrole nitrogens is 1. The molecule has 16 N–H and O–H groups in total. The van der Waals surface area contributed by atoms with E-state index in [1.54, 1.807) is 0 Å². The minimum Gasteiger partial charge on any atom is -0.508 e. The van der Waals surface area contributed by atoms with Crippen LogP contribution in [0.15, 0.2) is 36.8 Å². The standard InChI is InChI=1S/C47H67N13O17S3/c1-21(51-38(67)22(2)53-43(72)32(18-79)58-40(69)27(48)17-78)37(66)52-23(3)39(68)56-30(15-36(64)65)46(75)60-12-4-5-34(60)45(74)55-29(14-25-16-49-20-50-25)42(71)54-28(10-11-35(62)63)41(70)59-33(19-80)44(73)57-31(47(76)77)13-24-6-8-26(61)9-7-24/h6-9,16,20-23,27-34,61,78-80H,4-5,10-15,17-19,48H2,1-3H3,(H,49,50)(H,51,67)(H,52,66)(H,53,72)(H,54,71)(H,55,74)(H,56,68)(H,57,73)(H,58,69)(H,59,70)(H,62,63)(H,64,65)(H,76,77)/t21-,22-,23-,27-,28-,29-,30-,31-,32-,33-,34-/m0/s1. The van der Waals surface area contributed by atoms with Gasteiger partial charge in [0.05, 0.1) is 18.8 Å². The van der Waals surface area contributed by atoms with E-state index in [0.29, 0.717) is 5.56 Å². The van der Waals surface area contributed by atoms with Crippen molar-refractivity contribution in [2.45, 2.75) is 132 Å². The zero-order valence-corrected chi connectivity index (χ0v) is 46.2. The molecule has 3 rings (SSSR count). The maximum atomic E-state index is 14.1. The minimum atomic E-state index is -1.82. The summed E-state index contributed by atoms with van der Waals surface area (Å²) in [5.74, 6) is -14.4. The molecule has 0 bridgehead atoms. The number of carboxylic acids is 3. The molecule has 0 aliphatic carbocycles. The van der Waals surface area contributed by atoms with Gasteiger partial charge < -0.3 is 83.9 Å². The SMILES string of the molecule is C[C@H](NC(=O)[C@H](C)NC(=O)[C@H](CS)NC(=O)[C@@H](N)CS)C(=O)N[C@@H](C)C(=O)N[C@@H](CC(=O)O)C(=O)N1CCC[C@H]1C(=O)N[C@@H](Cc1cnc[nH]1)C(=O)N[C@@H](CCC(=O)O)C(=O)N[C@@H](CS)C(=O)N[C@@H](Cc1ccc(O)cc1)C(=O)O. The van der Waals surface area contributed by atoms with Crippen molar-refractivity contribution in [3.05, 3.63) is 48.0 Å². The maximum Gasteiger partial charge on any atom is 0.326 e. The van der Waals surface area contributed by atoms with E-state index in [0.717, 1.165) is 4.90 Å². The molecule has 1 aliphatic rings. The second-order valence-electron chi connectivity index (χ2n) is 18.4. The number of phenols is 1. The number of aromatic nitrogens is 2. The molecule has 80 heavy (non-hydrogen) atoms. The molecule has 33 heteroatoms. The van der Waals surface area contributed by atoms with Crippen molar-refractivity contribution in [2.24, 2.45) is 5.73 Å². The molecule has 10 amide bonds. The normalized spacial score (nSPS) is 16.6. The molecule has 1 saturated heterocycles. The van der Waals surface area contributed by atoms with Crippen LogP contribution in [0.5, 0.6) is 5.75 Å². The summed E-state index contributed by atoms with van der Waals surface area (Å²) in [7, 11) is 0. The Morgan fingerprint density at radius 1 is 0.613 bits per heavy atom. The van der Waals surface area contributed by atoms with Crippen LogP contribution in [0.1, 0.15) is 64.1 Å². The molecule has 2 aromatic rings. The fraction of sp³-hybridized carbons (Fsp3) is 0.532. The number of phenolic OH excluding ortho intramolecular Hbond substituents is 1. The third kappa shape index (κ3) is 21.2. The Morgan fingerprint density at radius 3 is 1.61 bits per heavy atom. The van der Waals surface area contributed by atoms with Gasteiger partial charge in [0.25, 0.3) is 0 Å². The van der Waals surface area contributed by atoms with Gasteiger partial charge in [-0.1, -0.05) is 12.1 Å². The van der Waals surface area contributed by atoms with Crippen LogP contribution in [0.3, 0.4) is 0 Å². The van der Waals surface area contributed by atoms with Crippen LogP contribution in [0, 0.1) is 0 Å². The molecular formula is C47H67N13O17S3. The van der Waals surface area contributed by atoms with Gasteiger partial charge >= 0.3 is 17.9 Å². The van der Waals surface area contributed by atoms with Crippen molar-refractivity contribution >= 4 is 115 Å². The maximum absolute atomic E-state index is 14.1. The van der Waals surface area contributed by atoms with Gasteiger partial charge in [0.2, 0.25) is 59.1 Å². The first-order valence-electron chi connectivity index (χ1n) is 24.7. The predicted molar refractivity (Wildman–Crippen MR) is 290 cm³/mol. The molecular weight excluding hydrogens is 1110 g/mol. The number of thiol groups is 3. The fourth-order valence-corrected chi connectivity index (χ4v) is 8.31. The topological polar surface area (TPSA) is 469 Å². The molecule has 30 nitrogen and oxygen atoms in total. The van der Waals surface area contributed by atoms with Crippen LogP contribution in [0.25, 0.3) is 0 Å². The quantitative estimate of drug-likeness (QED) is 0.0305. The third-order valence-corrected chi connectivity index (χ3v) is 13.3. The van der Waals surface area contributed by atoms with Gasteiger partial charge in [-0.15, -0.1) is 0 Å². The molecule has 1 aliphatic heterocycles. The number of aliphatic carboxylic acids is 3. The molecule has 0 unspecified atom stereocenters. The predicted octanol–water partition coefficient (Wildman–Crippen LogP) is -5.14. The number of amides is 10. The Kier molecular flexibility index (Phi) is 27.0. The van der Waals surface area contributed by atoms with Crippen LogP contribution in [0.4, 0.5) is 0 Å². The summed E-state index contributed by atoms with van der Waals surface area (Å²) in [6.07, 6.45) is -0.0373. The highest BCUT2D eigenvalue weighted by Gasteiger charge is 2.41. The number of carbonyl (C=O) groups is 13. The largest absolute Gasteiger partial charge is 0.508 e. The van der Waals surface area contributed by atoms with Gasteiger partial charge in [0, 0.05) is 55.0 Å². The third-order valence-electron chi connectivity index (χ3n) is 12.1. The number of carboxylic acid groups (broad SMARTS) is 3. The number of nitrogens with zero attached hydrogens (tertiary/aromatic N) is 2. The molecule has 0 spiro atoms. The van der Waals surface area contributed by atoms with Crippen LogP contribution in [-0.2, 0) is 75.2 Å². The first-order valence-corrected chi connectivity index (χ1v) is 26.6. The number of benzene rings is 1. The number of hydrogen-bond donors (Lipinski definition) is 18. The lowest BCUT2D eigenvalue weighted by molar-refractivity contribution is -0.146. The van der Waals surface area contributed by atoms with Crippen LogP contribution >= 0.6 is 37.9 Å². The van der Waals surface area contributed by atoms with Gasteiger partial charge in [0.15, 0.2) is 0 Å². The zero-order chi connectivity index (χ0) is 60.0. The number of nitrogens with two attached hydrogens (primary N) is 1. The summed E-state index contributed by atoms with van der Waals surface area (Å²) in [4.78, 5) is 177. The highest BCUT2D eigenvalue weighted by atomic mass is 32.1. The highest BCUT2D eigenvalue weighted by molar-refractivity contribution is 7.80. The van der Waals surface area contributed by atoms with E-state index in [1.165, 1.54) is 57.6 Å². The van der Waals surface area contributed by atoms with Crippen LogP contribution in [0.2, 0.25) is 0 Å². The van der Waals surface area contributed by atoms with E-state index in [9.17, 15) is 82.8 Å². The molecule has 0 saturated carbocycles. The number of aromatic hydroxyl groups is 1. The molecule has 1 fully saturated rings. The summed E-state index contributed by atoms with van der Waals surface area (Å²) in [6, 6.07) is -10.2. The van der Waals surface area contributed by atoms with Crippen molar-refractivity contribution < 1.29 is 82.8 Å². The number of imidazole rings is 1. The number of carbonyl (C=O) groups excluding carboxylic acids is 10. The van der Waals surface area contributed by atoms with E-state index in [2.05, 4.69) is 95.7 Å². The summed E-state index contributed by atoms with van der Waals surface area (Å²) in [5, 5.41) is 60.0. The average molecular weight is 1180 g/mol. The van der Waals surface area contributed by atoms with E-state index in [4.69, 9.17) is 5.73 Å². The smallest absolute Gasteiger partial charge is 0.326 e. The van der Waals surface area contributed by atoms with E-state index < -0.39 is 168 Å². The average Bonchev–Trinajstić information content (AvgIpc) is 4.13. The minimum absolute atomic E-state index is 0.00979. The van der Waals surface area contributed by atoms with E-state index in [-0.39, 0.29) is 55.2 Å². The zero-order valence-electron chi connectivity index (χ0n) is 43.5. The van der Waals surface area contributed by atoms with E-state index in [1.807, 2.05) is 0 Å². The number of likely N-dealkylation sites (tertiary alicyclic amines) is 1. The Balaban J connectivity index is 1.73. The van der Waals surface area contributed by atoms with Crippen molar-refractivity contribution in [1.82, 2.24) is 62.7 Å². The van der Waals surface area contributed by atoms with Gasteiger partial charge in [0.1, 0.15) is 66.2 Å². The lowest BCUT2D eigenvalue weighted by Crippen LogP contribution is -2.60. The molecule has 1 aromatic heterocycles. The Bertz CT molecular complexity index is 2560. The lowest BCUT2D eigenvalue weighted by atomic mass is 10.0. The van der Waals surface area contributed by atoms with Gasteiger partial charge in [-0.2, -0.15) is 37.9 Å². The monoisotopic (exact) mass is 1180 g/mol. The van der Waals surface area contributed by atoms with Gasteiger partial charge in [-0.05, 0) is 57.7 Å². The number of nitrogens with one attached hydrogen (secondary N) is 10. The highest BCUT2D eigenvalue weighted by Crippen LogP contribution is 2.20. The Morgan fingerprint density at radius 2 is 1.10 bits per heavy atom. The molecule has 0 radical (unpaired) electrons. The number of hydrogen-bond acceptors (Lipinski definition) is 19. The van der Waals surface area contributed by atoms with Crippen molar-refractivity contribution in [1.29, 1.82) is 0 Å². The second-order valence-corrected chi connectivity index (χ2v) is 19.5. The van der Waals surface area contributed by atoms with Crippen LogP contribution in [-0.4, -0.2) is 203 Å². The first kappa shape index (κ1) is 66.6. The van der Waals surface area contributed by atoms with Gasteiger partial charge in [-0.25, -0.2) is 9.78 Å². The second kappa shape index (κ2) is 32.4. The summed E-state index contributed by atoms with van der Waals surface area (Å²) in [5.41, 5.74) is 6.34. The first-order chi connectivity index (χ1) is 37.7. The van der Waals surface area contributed by atoms with E-state index >= 15 is 0 Å². The molecule has 11 atom stereocenters. The van der Waals surface area contributed by atoms with Crippen molar-refractivity contribution in [3.8, 4) is 5.75 Å². The van der Waals surface area contributed by atoms with Crippen LogP contribution < -0.4 is 53.6 Å². The Labute approximate surface area is 474 Å². The number of rotatable bonds is 32. The lowest BCUT2D eigenvalue weighted by Gasteiger charge is -2.30. The fourth-order valence-electron chi connectivity index (χ4n) is 7.63. The molecule has 2 heterocycles. The summed E-state index contributed by atoms with van der Waals surface area (Å²) >= 11 is 12.1. The molecule has 1 aromatic carbocycles. The van der Waals surface area contributed by atoms with Crippen molar-refractivity contribution in [3.63, 3.8) is 0 Å². The van der Waals surface area contributed by atoms with Crippen molar-refractivity contribution in [2.75, 3.05) is 23.8 Å². The Hall–Kier alpha value is -7.65. The molecule has 440 valence electrons. The summed E-state index contributed by atoms with van der Waals surface area (Å²) < 4.78 is 0.